The number of carbonyl (C=O) groups excluding carboxylic acids is 1. The molecule has 14 heavy (non-hydrogen) atoms. The highest BCUT2D eigenvalue weighted by atomic mass is 79.9. The standard InChI is InChI=1S/C10H14BrNOS/c1-2-6-12-7-5-8(13)9-3-4-10(11)14-9/h3-4,12H,2,5-7H2,1H3. The summed E-state index contributed by atoms with van der Waals surface area (Å²) < 4.78 is 1.02. The fourth-order valence-corrected chi connectivity index (χ4v) is 2.44. The van der Waals surface area contributed by atoms with Crippen LogP contribution >= 0.6 is 27.3 Å². The molecule has 1 rings (SSSR count). The lowest BCUT2D eigenvalue weighted by Crippen LogP contribution is -2.18. The predicted molar refractivity (Wildman–Crippen MR) is 64.1 cm³/mol. The molecule has 1 N–H and O–H groups in total. The largest absolute Gasteiger partial charge is 0.316 e. The molecule has 0 aliphatic heterocycles. The number of carbonyl (C=O) groups is 1. The second kappa shape index (κ2) is 6.32. The Balaban J connectivity index is 2.29. The minimum Gasteiger partial charge on any atom is -0.316 e. The molecule has 2 nitrogen and oxygen atoms in total. The Hall–Kier alpha value is -0.190. The van der Waals surface area contributed by atoms with Crippen LogP contribution in [0.1, 0.15) is 29.4 Å². The molecule has 0 saturated heterocycles. The minimum absolute atomic E-state index is 0.226. The Morgan fingerprint density at radius 3 is 2.86 bits per heavy atom. The molecular formula is C10H14BrNOS. The minimum atomic E-state index is 0.226. The molecule has 0 aromatic carbocycles. The first-order chi connectivity index (χ1) is 6.74. The van der Waals surface area contributed by atoms with E-state index in [0.717, 1.165) is 28.2 Å². The highest BCUT2D eigenvalue weighted by Gasteiger charge is 2.07. The monoisotopic (exact) mass is 275 g/mol. The van der Waals surface area contributed by atoms with Gasteiger partial charge in [0, 0.05) is 13.0 Å². The van der Waals surface area contributed by atoms with Gasteiger partial charge in [-0.15, -0.1) is 11.3 Å². The van der Waals surface area contributed by atoms with Gasteiger partial charge in [0.15, 0.2) is 5.78 Å². The van der Waals surface area contributed by atoms with Crippen molar-refractivity contribution in [3.05, 3.63) is 20.8 Å². The normalized spacial score (nSPS) is 10.4. The van der Waals surface area contributed by atoms with Crippen molar-refractivity contribution in [2.75, 3.05) is 13.1 Å². The molecule has 0 saturated carbocycles. The topological polar surface area (TPSA) is 29.1 Å². The van der Waals surface area contributed by atoms with Crippen LogP contribution in [-0.2, 0) is 0 Å². The fraction of sp³-hybridized carbons (Fsp3) is 0.500. The van der Waals surface area contributed by atoms with Crippen LogP contribution in [-0.4, -0.2) is 18.9 Å². The van der Waals surface area contributed by atoms with Gasteiger partial charge in [-0.25, -0.2) is 0 Å². The predicted octanol–water partition coefficient (Wildman–Crippen LogP) is 3.08. The first-order valence-electron chi connectivity index (χ1n) is 4.73. The van der Waals surface area contributed by atoms with Gasteiger partial charge in [0.1, 0.15) is 0 Å². The van der Waals surface area contributed by atoms with Gasteiger partial charge >= 0.3 is 0 Å². The molecule has 0 bridgehead atoms. The number of hydrogen-bond donors (Lipinski definition) is 1. The zero-order valence-electron chi connectivity index (χ0n) is 8.18. The van der Waals surface area contributed by atoms with Crippen molar-refractivity contribution in [1.82, 2.24) is 5.32 Å². The SMILES string of the molecule is CCCNCCC(=O)c1ccc(Br)s1. The summed E-state index contributed by atoms with van der Waals surface area (Å²) in [5.74, 6) is 0.226. The molecule has 0 radical (unpaired) electrons. The molecule has 78 valence electrons. The fourth-order valence-electron chi connectivity index (χ4n) is 1.09. The van der Waals surface area contributed by atoms with Gasteiger partial charge in [0.05, 0.1) is 8.66 Å². The summed E-state index contributed by atoms with van der Waals surface area (Å²) >= 11 is 4.84. The maximum absolute atomic E-state index is 11.6. The number of thiophene rings is 1. The summed E-state index contributed by atoms with van der Waals surface area (Å²) in [5, 5.41) is 3.21. The van der Waals surface area contributed by atoms with Gasteiger partial charge in [-0.2, -0.15) is 0 Å². The third-order valence-corrected chi connectivity index (χ3v) is 3.47. The third-order valence-electron chi connectivity index (χ3n) is 1.80. The van der Waals surface area contributed by atoms with Crippen LogP contribution in [0.4, 0.5) is 0 Å². The first-order valence-corrected chi connectivity index (χ1v) is 6.34. The molecule has 0 atom stereocenters. The number of Topliss-reactive ketones (excluding diaryl/α,β-unsaturated/α-hetero) is 1. The second-order valence-electron chi connectivity index (χ2n) is 3.03. The summed E-state index contributed by atoms with van der Waals surface area (Å²) in [6, 6.07) is 3.79. The first kappa shape index (κ1) is 11.9. The molecule has 1 aromatic rings. The van der Waals surface area contributed by atoms with Crippen molar-refractivity contribution >= 4 is 33.0 Å². The Kier molecular flexibility index (Phi) is 5.37. The van der Waals surface area contributed by atoms with Crippen molar-refractivity contribution < 1.29 is 4.79 Å². The number of halogens is 1. The Morgan fingerprint density at radius 2 is 2.29 bits per heavy atom. The lowest BCUT2D eigenvalue weighted by atomic mass is 10.2. The Morgan fingerprint density at radius 1 is 1.50 bits per heavy atom. The van der Waals surface area contributed by atoms with Gasteiger partial charge in [-0.05, 0) is 41.0 Å². The van der Waals surface area contributed by atoms with E-state index in [4.69, 9.17) is 0 Å². The number of hydrogen-bond acceptors (Lipinski definition) is 3. The molecule has 1 heterocycles. The van der Waals surface area contributed by atoms with Gasteiger partial charge in [0.2, 0.25) is 0 Å². The lowest BCUT2D eigenvalue weighted by Gasteiger charge is -2.00. The van der Waals surface area contributed by atoms with Crippen LogP contribution in [0.3, 0.4) is 0 Å². The molecule has 0 amide bonds. The summed E-state index contributed by atoms with van der Waals surface area (Å²) in [6.45, 7) is 3.88. The Bertz CT molecular complexity index is 298. The maximum Gasteiger partial charge on any atom is 0.174 e. The number of ketones is 1. The smallest absolute Gasteiger partial charge is 0.174 e. The van der Waals surface area contributed by atoms with E-state index in [9.17, 15) is 4.79 Å². The molecule has 0 aliphatic rings. The Labute approximate surface area is 96.8 Å². The van der Waals surface area contributed by atoms with Crippen molar-refractivity contribution in [3.8, 4) is 0 Å². The summed E-state index contributed by atoms with van der Waals surface area (Å²) in [7, 11) is 0. The molecule has 0 spiro atoms. The van der Waals surface area contributed by atoms with Crippen molar-refractivity contribution in [2.24, 2.45) is 0 Å². The van der Waals surface area contributed by atoms with Crippen LogP contribution in [0.15, 0.2) is 15.9 Å². The zero-order valence-corrected chi connectivity index (χ0v) is 10.6. The average Bonchev–Trinajstić information content (AvgIpc) is 2.59. The van der Waals surface area contributed by atoms with Gasteiger partial charge in [0.25, 0.3) is 0 Å². The van der Waals surface area contributed by atoms with E-state index in [1.165, 1.54) is 11.3 Å². The van der Waals surface area contributed by atoms with Crippen LogP contribution in [0, 0.1) is 0 Å². The highest BCUT2D eigenvalue weighted by Crippen LogP contribution is 2.22. The van der Waals surface area contributed by atoms with E-state index in [1.54, 1.807) is 0 Å². The number of rotatable bonds is 6. The third kappa shape index (κ3) is 3.90. The van der Waals surface area contributed by atoms with E-state index in [-0.39, 0.29) is 5.78 Å². The van der Waals surface area contributed by atoms with Gasteiger partial charge in [-0.1, -0.05) is 6.92 Å². The van der Waals surface area contributed by atoms with Crippen LogP contribution in [0.2, 0.25) is 0 Å². The molecule has 1 aromatic heterocycles. The van der Waals surface area contributed by atoms with Crippen molar-refractivity contribution in [2.45, 2.75) is 19.8 Å². The van der Waals surface area contributed by atoms with Crippen LogP contribution in [0.25, 0.3) is 0 Å². The number of nitrogens with one attached hydrogen (secondary N) is 1. The van der Waals surface area contributed by atoms with Gasteiger partial charge in [-0.3, -0.25) is 4.79 Å². The van der Waals surface area contributed by atoms with Crippen molar-refractivity contribution in [1.29, 1.82) is 0 Å². The lowest BCUT2D eigenvalue weighted by molar-refractivity contribution is 0.0986. The zero-order chi connectivity index (χ0) is 10.4. The molecular weight excluding hydrogens is 262 g/mol. The van der Waals surface area contributed by atoms with E-state index in [2.05, 4.69) is 28.2 Å². The molecule has 0 fully saturated rings. The summed E-state index contributed by atoms with van der Waals surface area (Å²) in [4.78, 5) is 12.4. The summed E-state index contributed by atoms with van der Waals surface area (Å²) in [6.07, 6.45) is 1.70. The highest BCUT2D eigenvalue weighted by molar-refractivity contribution is 9.11. The second-order valence-corrected chi connectivity index (χ2v) is 5.49. The molecule has 4 heteroatoms. The van der Waals surface area contributed by atoms with Crippen molar-refractivity contribution in [3.63, 3.8) is 0 Å². The molecule has 0 unspecified atom stereocenters. The average molecular weight is 276 g/mol. The van der Waals surface area contributed by atoms with E-state index >= 15 is 0 Å². The van der Waals surface area contributed by atoms with E-state index in [0.29, 0.717) is 6.42 Å². The summed E-state index contributed by atoms with van der Waals surface area (Å²) in [5.41, 5.74) is 0. The molecule has 0 aliphatic carbocycles. The quantitative estimate of drug-likeness (QED) is 0.639. The van der Waals surface area contributed by atoms with Crippen LogP contribution in [0.5, 0.6) is 0 Å². The van der Waals surface area contributed by atoms with Gasteiger partial charge < -0.3 is 5.32 Å². The van der Waals surface area contributed by atoms with Crippen LogP contribution < -0.4 is 5.32 Å². The van der Waals surface area contributed by atoms with E-state index in [1.807, 2.05) is 12.1 Å². The maximum atomic E-state index is 11.6. The van der Waals surface area contributed by atoms with E-state index < -0.39 is 0 Å².